The molecule has 0 fully saturated rings. The van der Waals surface area contributed by atoms with E-state index >= 15 is 0 Å². The fraction of sp³-hybridized carbons (Fsp3) is 0. The number of carbonyl (C=O) groups is 1. The number of nitrogens with two attached hydrogens (primary N) is 1. The van der Waals surface area contributed by atoms with E-state index in [1.54, 1.807) is 24.3 Å². The zero-order chi connectivity index (χ0) is 15.5. The number of amides is 1. The van der Waals surface area contributed by atoms with Gasteiger partial charge in [-0.05, 0) is 24.3 Å². The molecule has 0 saturated heterocycles. The lowest BCUT2D eigenvalue weighted by Gasteiger charge is -2.03. The van der Waals surface area contributed by atoms with Gasteiger partial charge in [0.05, 0.1) is 0 Å². The highest BCUT2D eigenvalue weighted by molar-refractivity contribution is 7.19. The Balaban J connectivity index is 1.84. The van der Waals surface area contributed by atoms with Gasteiger partial charge in [-0.25, -0.2) is 4.98 Å². The molecule has 0 aliphatic carbocycles. The van der Waals surface area contributed by atoms with Crippen LogP contribution in [-0.4, -0.2) is 10.9 Å². The molecule has 0 unspecified atom stereocenters. The third-order valence-corrected chi connectivity index (χ3v) is 4.18. The topological polar surface area (TPSA) is 68.0 Å². The monoisotopic (exact) mass is 329 g/mol. The summed E-state index contributed by atoms with van der Waals surface area (Å²) >= 11 is 7.11. The van der Waals surface area contributed by atoms with Gasteiger partial charge < -0.3 is 11.1 Å². The number of hydrogen-bond acceptors (Lipinski definition) is 4. The molecular formula is C16H12ClN3OS. The van der Waals surface area contributed by atoms with E-state index in [0.29, 0.717) is 15.7 Å². The number of rotatable bonds is 3. The van der Waals surface area contributed by atoms with Crippen molar-refractivity contribution in [3.8, 4) is 10.6 Å². The van der Waals surface area contributed by atoms with Crippen LogP contribution in [0.2, 0.25) is 5.02 Å². The molecule has 0 spiro atoms. The second kappa shape index (κ2) is 6.17. The molecule has 22 heavy (non-hydrogen) atoms. The minimum absolute atomic E-state index is 0.235. The van der Waals surface area contributed by atoms with Crippen molar-refractivity contribution in [1.82, 2.24) is 4.98 Å². The highest BCUT2D eigenvalue weighted by Gasteiger charge is 2.17. The third-order valence-electron chi connectivity index (χ3n) is 2.99. The molecule has 110 valence electrons. The number of benzene rings is 2. The minimum Gasteiger partial charge on any atom is -0.389 e. The van der Waals surface area contributed by atoms with E-state index in [4.69, 9.17) is 17.3 Å². The lowest BCUT2D eigenvalue weighted by molar-refractivity contribution is 0.102. The fourth-order valence-corrected chi connectivity index (χ4v) is 2.88. The second-order valence-electron chi connectivity index (χ2n) is 4.56. The maximum atomic E-state index is 12.3. The molecule has 0 aliphatic heterocycles. The minimum atomic E-state index is -0.335. The van der Waals surface area contributed by atoms with Crippen molar-refractivity contribution in [3.63, 3.8) is 0 Å². The van der Waals surface area contributed by atoms with Crippen LogP contribution in [0.15, 0.2) is 54.6 Å². The molecule has 0 radical (unpaired) electrons. The van der Waals surface area contributed by atoms with Gasteiger partial charge in [-0.15, -0.1) is 0 Å². The van der Waals surface area contributed by atoms with Gasteiger partial charge in [0.2, 0.25) is 0 Å². The van der Waals surface area contributed by atoms with Crippen LogP contribution in [0.1, 0.15) is 10.5 Å². The molecule has 1 aromatic heterocycles. The quantitative estimate of drug-likeness (QED) is 0.752. The van der Waals surface area contributed by atoms with E-state index in [-0.39, 0.29) is 11.6 Å². The highest BCUT2D eigenvalue weighted by atomic mass is 35.5. The van der Waals surface area contributed by atoms with Gasteiger partial charge in [-0.2, -0.15) is 0 Å². The zero-order valence-electron chi connectivity index (χ0n) is 11.4. The van der Waals surface area contributed by atoms with Crippen LogP contribution < -0.4 is 11.1 Å². The van der Waals surface area contributed by atoms with Crippen LogP contribution in [0.25, 0.3) is 10.6 Å². The van der Waals surface area contributed by atoms with Gasteiger partial charge in [0, 0.05) is 16.3 Å². The Morgan fingerprint density at radius 2 is 1.77 bits per heavy atom. The first kappa shape index (κ1) is 14.6. The summed E-state index contributed by atoms with van der Waals surface area (Å²) in [7, 11) is 0. The van der Waals surface area contributed by atoms with E-state index in [1.165, 1.54) is 11.3 Å². The molecule has 1 amide bonds. The van der Waals surface area contributed by atoms with Crippen molar-refractivity contribution >= 4 is 39.5 Å². The van der Waals surface area contributed by atoms with Crippen LogP contribution in [-0.2, 0) is 0 Å². The van der Waals surface area contributed by atoms with Crippen molar-refractivity contribution < 1.29 is 4.79 Å². The van der Waals surface area contributed by atoms with Crippen molar-refractivity contribution in [2.24, 2.45) is 0 Å². The standard InChI is InChI=1S/C16H12ClN3OS/c17-11-6-8-12(9-7-11)19-15(21)13-14(18)22-16(20-13)10-4-2-1-3-5-10/h1-9H,18H2,(H,19,21). The Bertz CT molecular complexity index is 800. The van der Waals surface area contributed by atoms with Crippen molar-refractivity contribution in [3.05, 3.63) is 65.3 Å². The average molecular weight is 330 g/mol. The molecule has 0 saturated carbocycles. The first-order valence-corrected chi connectivity index (χ1v) is 7.71. The normalized spacial score (nSPS) is 10.4. The van der Waals surface area contributed by atoms with E-state index in [0.717, 1.165) is 10.6 Å². The Kier molecular flexibility index (Phi) is 4.09. The molecule has 1 heterocycles. The summed E-state index contributed by atoms with van der Waals surface area (Å²) in [6, 6.07) is 16.5. The smallest absolute Gasteiger partial charge is 0.277 e. The van der Waals surface area contributed by atoms with E-state index in [2.05, 4.69) is 10.3 Å². The van der Waals surface area contributed by atoms with E-state index < -0.39 is 0 Å². The number of carbonyl (C=O) groups excluding carboxylic acids is 1. The second-order valence-corrected chi connectivity index (χ2v) is 6.03. The summed E-state index contributed by atoms with van der Waals surface area (Å²) in [6.45, 7) is 0. The number of anilines is 2. The first-order chi connectivity index (χ1) is 10.6. The Labute approximate surface area is 136 Å². The Morgan fingerprint density at radius 1 is 1.09 bits per heavy atom. The predicted molar refractivity (Wildman–Crippen MR) is 91.4 cm³/mol. The molecule has 6 heteroatoms. The number of thiazole rings is 1. The predicted octanol–water partition coefficient (Wildman–Crippen LogP) is 4.30. The molecule has 0 atom stereocenters. The van der Waals surface area contributed by atoms with Gasteiger partial charge in [0.1, 0.15) is 10.0 Å². The summed E-state index contributed by atoms with van der Waals surface area (Å²) in [6.07, 6.45) is 0. The van der Waals surface area contributed by atoms with Crippen LogP contribution in [0.3, 0.4) is 0 Å². The Hall–Kier alpha value is -2.37. The van der Waals surface area contributed by atoms with Crippen LogP contribution in [0.4, 0.5) is 10.7 Å². The van der Waals surface area contributed by atoms with E-state index in [9.17, 15) is 4.79 Å². The van der Waals surface area contributed by atoms with E-state index in [1.807, 2.05) is 30.3 Å². The van der Waals surface area contributed by atoms with Gasteiger partial charge in [0.25, 0.3) is 5.91 Å². The highest BCUT2D eigenvalue weighted by Crippen LogP contribution is 2.30. The molecule has 3 rings (SSSR count). The number of nitrogens with one attached hydrogen (secondary N) is 1. The van der Waals surface area contributed by atoms with Gasteiger partial charge in [0.15, 0.2) is 5.69 Å². The van der Waals surface area contributed by atoms with Gasteiger partial charge >= 0.3 is 0 Å². The number of halogens is 1. The maximum Gasteiger partial charge on any atom is 0.277 e. The van der Waals surface area contributed by atoms with Crippen molar-refractivity contribution in [2.45, 2.75) is 0 Å². The van der Waals surface area contributed by atoms with Gasteiger partial charge in [-0.1, -0.05) is 53.3 Å². The zero-order valence-corrected chi connectivity index (χ0v) is 13.0. The third kappa shape index (κ3) is 3.10. The summed E-state index contributed by atoms with van der Waals surface area (Å²) in [5.74, 6) is -0.335. The molecule has 3 N–H and O–H groups in total. The fourth-order valence-electron chi connectivity index (χ4n) is 1.92. The summed E-state index contributed by atoms with van der Waals surface area (Å²) in [5.41, 5.74) is 7.74. The van der Waals surface area contributed by atoms with Crippen LogP contribution >= 0.6 is 22.9 Å². The molecular weight excluding hydrogens is 318 g/mol. The molecule has 2 aromatic carbocycles. The maximum absolute atomic E-state index is 12.3. The number of nitrogens with zero attached hydrogens (tertiary/aromatic N) is 1. The van der Waals surface area contributed by atoms with Gasteiger partial charge in [-0.3, -0.25) is 4.79 Å². The lowest BCUT2D eigenvalue weighted by atomic mass is 10.2. The molecule has 0 aliphatic rings. The Morgan fingerprint density at radius 3 is 2.45 bits per heavy atom. The summed E-state index contributed by atoms with van der Waals surface area (Å²) in [5, 5.41) is 4.48. The van der Waals surface area contributed by atoms with Crippen molar-refractivity contribution in [1.29, 1.82) is 0 Å². The summed E-state index contributed by atoms with van der Waals surface area (Å²) < 4.78 is 0. The van der Waals surface area contributed by atoms with Crippen LogP contribution in [0.5, 0.6) is 0 Å². The first-order valence-electron chi connectivity index (χ1n) is 6.52. The lowest BCUT2D eigenvalue weighted by Crippen LogP contribution is -2.13. The number of hydrogen-bond donors (Lipinski definition) is 2. The molecule has 0 bridgehead atoms. The summed E-state index contributed by atoms with van der Waals surface area (Å²) in [4.78, 5) is 16.6. The molecule has 4 nitrogen and oxygen atoms in total. The van der Waals surface area contributed by atoms with Crippen molar-refractivity contribution in [2.75, 3.05) is 11.1 Å². The average Bonchev–Trinajstić information content (AvgIpc) is 2.92. The number of aromatic nitrogens is 1. The number of nitrogen functional groups attached to an aromatic ring is 1. The largest absolute Gasteiger partial charge is 0.389 e. The molecule has 3 aromatic rings. The van der Waals surface area contributed by atoms with Crippen LogP contribution in [0, 0.1) is 0 Å². The SMILES string of the molecule is Nc1sc(-c2ccccc2)nc1C(=O)Nc1ccc(Cl)cc1.